The van der Waals surface area contributed by atoms with E-state index >= 15 is 0 Å². The minimum atomic E-state index is -0.227. The Hall–Kier alpha value is -3.10. The average Bonchev–Trinajstić information content (AvgIpc) is 3.30. The van der Waals surface area contributed by atoms with E-state index in [0.29, 0.717) is 19.7 Å². The summed E-state index contributed by atoms with van der Waals surface area (Å²) >= 11 is 0. The van der Waals surface area contributed by atoms with Crippen molar-refractivity contribution in [2.75, 3.05) is 57.4 Å². The normalized spacial score (nSPS) is 19.3. The Morgan fingerprint density at radius 3 is 2.69 bits per heavy atom. The van der Waals surface area contributed by atoms with Gasteiger partial charge in [-0.05, 0) is 30.2 Å². The van der Waals surface area contributed by atoms with Crippen molar-refractivity contribution in [2.24, 2.45) is 0 Å². The van der Waals surface area contributed by atoms with Crippen LogP contribution in [0.2, 0.25) is 0 Å². The summed E-state index contributed by atoms with van der Waals surface area (Å²) in [5.74, 6) is 0. The number of carbonyl (C=O) groups excluding carboxylic acids is 1. The highest BCUT2D eigenvalue weighted by Gasteiger charge is 2.23. The number of anilines is 1. The zero-order valence-corrected chi connectivity index (χ0v) is 18.4. The lowest BCUT2D eigenvalue weighted by Gasteiger charge is -2.35. The van der Waals surface area contributed by atoms with E-state index in [0.717, 1.165) is 55.1 Å². The molecule has 2 aliphatic heterocycles. The minimum absolute atomic E-state index is 0.118. The maximum atomic E-state index is 12.0. The zero-order chi connectivity index (χ0) is 21.9. The fourth-order valence-corrected chi connectivity index (χ4v) is 4.44. The number of nitrogens with zero attached hydrogens (tertiary/aromatic N) is 4. The lowest BCUT2D eigenvalue weighted by molar-refractivity contribution is 0.0277. The van der Waals surface area contributed by atoms with Gasteiger partial charge in [0, 0.05) is 57.2 Å². The van der Waals surface area contributed by atoms with Crippen LogP contribution in [0, 0.1) is 0 Å². The summed E-state index contributed by atoms with van der Waals surface area (Å²) in [7, 11) is 0. The van der Waals surface area contributed by atoms with E-state index in [1.807, 2.05) is 17.6 Å². The molecule has 2 fully saturated rings. The quantitative estimate of drug-likeness (QED) is 0.680. The fourth-order valence-electron chi connectivity index (χ4n) is 4.44. The van der Waals surface area contributed by atoms with Gasteiger partial charge >= 0.3 is 6.09 Å². The smallest absolute Gasteiger partial charge is 0.409 e. The molecular weight excluding hydrogens is 406 g/mol. The molecule has 1 amide bonds. The first kappa shape index (κ1) is 20.8. The number of ether oxygens (including phenoxy) is 2. The lowest BCUT2D eigenvalue weighted by atomic mass is 10.0. The van der Waals surface area contributed by atoms with Crippen molar-refractivity contribution in [3.63, 3.8) is 0 Å². The van der Waals surface area contributed by atoms with Crippen molar-refractivity contribution in [2.45, 2.75) is 13.0 Å². The standard InChI is InChI=1S/C24H29N5O3/c1-2-31-24(30)28-12-10-27(11-13-28)21-7-8-26-29-17-20(15-22(21)29)18-3-5-19(6-4-18)23-16-25-9-14-32-23/h3-8,15,17,23,25H,2,9-14,16H2,1H3. The van der Waals surface area contributed by atoms with Crippen molar-refractivity contribution >= 4 is 17.3 Å². The van der Waals surface area contributed by atoms with Gasteiger partial charge in [0.25, 0.3) is 0 Å². The molecule has 1 unspecified atom stereocenters. The van der Waals surface area contributed by atoms with E-state index in [1.54, 1.807) is 4.90 Å². The fraction of sp³-hybridized carbons (Fsp3) is 0.417. The number of amides is 1. The van der Waals surface area contributed by atoms with Crippen LogP contribution in [0.5, 0.6) is 0 Å². The van der Waals surface area contributed by atoms with Gasteiger partial charge in [0.15, 0.2) is 0 Å². The molecule has 0 spiro atoms. The summed E-state index contributed by atoms with van der Waals surface area (Å²) in [6.07, 6.45) is 3.80. The molecule has 168 valence electrons. The van der Waals surface area contributed by atoms with E-state index in [2.05, 4.69) is 57.9 Å². The van der Waals surface area contributed by atoms with Crippen LogP contribution in [-0.2, 0) is 9.47 Å². The largest absolute Gasteiger partial charge is 0.450 e. The van der Waals surface area contributed by atoms with Gasteiger partial charge in [-0.15, -0.1) is 0 Å². The van der Waals surface area contributed by atoms with Crippen LogP contribution in [0.4, 0.5) is 10.5 Å². The predicted molar refractivity (Wildman–Crippen MR) is 123 cm³/mol. The van der Waals surface area contributed by atoms with Crippen LogP contribution in [0.3, 0.4) is 0 Å². The van der Waals surface area contributed by atoms with Crippen LogP contribution in [0.25, 0.3) is 16.6 Å². The lowest BCUT2D eigenvalue weighted by Crippen LogP contribution is -2.49. The third-order valence-corrected chi connectivity index (χ3v) is 6.18. The molecular formula is C24H29N5O3. The number of rotatable bonds is 4. The Labute approximate surface area is 187 Å². The summed E-state index contributed by atoms with van der Waals surface area (Å²) in [6, 6.07) is 12.8. The first-order valence-electron chi connectivity index (χ1n) is 11.3. The number of hydrogen-bond donors (Lipinski definition) is 1. The Morgan fingerprint density at radius 1 is 1.16 bits per heavy atom. The number of carbonyl (C=O) groups is 1. The first-order chi connectivity index (χ1) is 15.7. The molecule has 0 aliphatic carbocycles. The monoisotopic (exact) mass is 435 g/mol. The molecule has 0 radical (unpaired) electrons. The number of hydrogen-bond acceptors (Lipinski definition) is 6. The van der Waals surface area contributed by atoms with E-state index < -0.39 is 0 Å². The highest BCUT2D eigenvalue weighted by molar-refractivity contribution is 5.80. The van der Waals surface area contributed by atoms with Crippen molar-refractivity contribution in [1.82, 2.24) is 19.8 Å². The molecule has 8 nitrogen and oxygen atoms in total. The number of benzene rings is 1. The minimum Gasteiger partial charge on any atom is -0.450 e. The summed E-state index contributed by atoms with van der Waals surface area (Å²) in [4.78, 5) is 16.1. The second kappa shape index (κ2) is 9.18. The molecule has 32 heavy (non-hydrogen) atoms. The Morgan fingerprint density at radius 2 is 1.97 bits per heavy atom. The van der Waals surface area contributed by atoms with Gasteiger partial charge in [-0.3, -0.25) is 0 Å². The van der Waals surface area contributed by atoms with Crippen molar-refractivity contribution in [3.8, 4) is 11.1 Å². The third-order valence-electron chi connectivity index (χ3n) is 6.18. The SMILES string of the molecule is CCOC(=O)N1CCN(c2ccnn3cc(-c4ccc(C5CNCCO5)cc4)cc23)CC1. The molecule has 0 bridgehead atoms. The van der Waals surface area contributed by atoms with E-state index in [9.17, 15) is 4.79 Å². The molecule has 1 N–H and O–H groups in total. The number of nitrogens with one attached hydrogen (secondary N) is 1. The van der Waals surface area contributed by atoms with Crippen molar-refractivity contribution in [1.29, 1.82) is 0 Å². The predicted octanol–water partition coefficient (Wildman–Crippen LogP) is 2.94. The number of piperazine rings is 1. The molecule has 3 aromatic rings. The van der Waals surface area contributed by atoms with Gasteiger partial charge in [0.1, 0.15) is 0 Å². The van der Waals surface area contributed by atoms with Gasteiger partial charge in [0.2, 0.25) is 0 Å². The van der Waals surface area contributed by atoms with Crippen LogP contribution in [0.15, 0.2) is 48.8 Å². The maximum Gasteiger partial charge on any atom is 0.409 e. The second-order valence-electron chi connectivity index (χ2n) is 8.13. The summed E-state index contributed by atoms with van der Waals surface area (Å²) in [5, 5.41) is 7.90. The first-order valence-corrected chi connectivity index (χ1v) is 11.3. The highest BCUT2D eigenvalue weighted by Crippen LogP contribution is 2.30. The highest BCUT2D eigenvalue weighted by atomic mass is 16.6. The third kappa shape index (κ3) is 4.16. The molecule has 1 atom stereocenters. The maximum absolute atomic E-state index is 12.0. The van der Waals surface area contributed by atoms with E-state index in [-0.39, 0.29) is 12.2 Å². The number of aromatic nitrogens is 2. The Balaban J connectivity index is 1.34. The van der Waals surface area contributed by atoms with E-state index in [4.69, 9.17) is 9.47 Å². The number of morpholine rings is 1. The second-order valence-corrected chi connectivity index (χ2v) is 8.13. The van der Waals surface area contributed by atoms with Crippen LogP contribution >= 0.6 is 0 Å². The summed E-state index contributed by atoms with van der Waals surface area (Å²) in [5.41, 5.74) is 5.68. The van der Waals surface area contributed by atoms with E-state index in [1.165, 1.54) is 5.56 Å². The summed E-state index contributed by atoms with van der Waals surface area (Å²) < 4.78 is 12.9. The van der Waals surface area contributed by atoms with Gasteiger partial charge in [0.05, 0.1) is 30.5 Å². The zero-order valence-electron chi connectivity index (χ0n) is 18.4. The molecule has 1 aromatic carbocycles. The van der Waals surface area contributed by atoms with Gasteiger partial charge in [-0.1, -0.05) is 24.3 Å². The van der Waals surface area contributed by atoms with Crippen molar-refractivity contribution < 1.29 is 14.3 Å². The number of fused-ring (bicyclic) bond motifs is 1. The van der Waals surface area contributed by atoms with Crippen LogP contribution in [0.1, 0.15) is 18.6 Å². The molecule has 2 aromatic heterocycles. The molecule has 8 heteroatoms. The topological polar surface area (TPSA) is 71.3 Å². The van der Waals surface area contributed by atoms with Gasteiger partial charge in [-0.2, -0.15) is 5.10 Å². The molecule has 0 saturated carbocycles. The Kier molecular flexibility index (Phi) is 5.96. The van der Waals surface area contributed by atoms with Crippen LogP contribution < -0.4 is 10.2 Å². The van der Waals surface area contributed by atoms with Gasteiger partial charge in [-0.25, -0.2) is 9.31 Å². The Bertz CT molecular complexity index is 1070. The van der Waals surface area contributed by atoms with Crippen LogP contribution in [-0.4, -0.2) is 73.1 Å². The van der Waals surface area contributed by atoms with Gasteiger partial charge < -0.3 is 24.6 Å². The summed E-state index contributed by atoms with van der Waals surface area (Å²) in [6.45, 7) is 7.60. The molecule has 2 saturated heterocycles. The van der Waals surface area contributed by atoms with Crippen molar-refractivity contribution in [3.05, 3.63) is 54.4 Å². The molecule has 5 rings (SSSR count). The molecule has 4 heterocycles. The average molecular weight is 436 g/mol. The molecule has 2 aliphatic rings.